The molecule has 0 heterocycles. The van der Waals surface area contributed by atoms with Gasteiger partial charge in [-0.1, -0.05) is 0 Å². The molecular formula is C13H22N2O5. The Hall–Kier alpha value is -1.63. The maximum atomic E-state index is 12.0. The van der Waals surface area contributed by atoms with Crippen molar-refractivity contribution in [1.82, 2.24) is 10.9 Å². The first kappa shape index (κ1) is 16.4. The van der Waals surface area contributed by atoms with Gasteiger partial charge in [-0.15, -0.1) is 0 Å². The van der Waals surface area contributed by atoms with Gasteiger partial charge in [-0.3, -0.25) is 10.2 Å². The lowest BCUT2D eigenvalue weighted by Gasteiger charge is -2.27. The maximum absolute atomic E-state index is 12.0. The highest BCUT2D eigenvalue weighted by Crippen LogP contribution is 2.27. The molecule has 0 spiro atoms. The number of carbonyl (C=O) groups excluding carboxylic acids is 3. The normalized spacial score (nSPS) is 22.5. The third-order valence-electron chi connectivity index (χ3n) is 2.83. The van der Waals surface area contributed by atoms with Crippen molar-refractivity contribution in [1.29, 1.82) is 0 Å². The van der Waals surface area contributed by atoms with E-state index in [1.165, 1.54) is 0 Å². The van der Waals surface area contributed by atoms with Gasteiger partial charge in [0.25, 0.3) is 0 Å². The van der Waals surface area contributed by atoms with Crippen LogP contribution in [-0.2, 0) is 19.1 Å². The van der Waals surface area contributed by atoms with E-state index in [2.05, 4.69) is 10.9 Å². The first-order valence-electron chi connectivity index (χ1n) is 6.68. The molecule has 1 saturated carbocycles. The van der Waals surface area contributed by atoms with Crippen molar-refractivity contribution < 1.29 is 23.9 Å². The van der Waals surface area contributed by atoms with E-state index in [1.54, 1.807) is 27.7 Å². The van der Waals surface area contributed by atoms with Crippen molar-refractivity contribution >= 4 is 17.8 Å². The van der Waals surface area contributed by atoms with Gasteiger partial charge in [-0.05, 0) is 40.5 Å². The fraction of sp³-hybridized carbons (Fsp3) is 0.769. The van der Waals surface area contributed by atoms with E-state index in [-0.39, 0.29) is 18.8 Å². The maximum Gasteiger partial charge on any atom is 0.422 e. The van der Waals surface area contributed by atoms with Crippen molar-refractivity contribution in [3.63, 3.8) is 0 Å². The minimum Gasteiger partial charge on any atom is -0.464 e. The highest BCUT2D eigenvalue weighted by molar-refractivity contribution is 6.10. The topological polar surface area (TPSA) is 93.7 Å². The summed E-state index contributed by atoms with van der Waals surface area (Å²) in [6, 6.07) is 0. The predicted octanol–water partition coefficient (Wildman–Crippen LogP) is 1.07. The molecule has 1 fully saturated rings. The monoisotopic (exact) mass is 286 g/mol. The van der Waals surface area contributed by atoms with E-state index in [9.17, 15) is 14.4 Å². The van der Waals surface area contributed by atoms with Gasteiger partial charge in [-0.2, -0.15) is 0 Å². The predicted molar refractivity (Wildman–Crippen MR) is 70.7 cm³/mol. The summed E-state index contributed by atoms with van der Waals surface area (Å²) in [6.07, 6.45) is 0.393. The number of hydrazine groups is 1. The smallest absolute Gasteiger partial charge is 0.422 e. The molecule has 1 atom stereocenters. The lowest BCUT2D eigenvalue weighted by molar-refractivity contribution is -0.154. The fourth-order valence-electron chi connectivity index (χ4n) is 1.98. The number of ketones is 1. The van der Waals surface area contributed by atoms with E-state index in [1.807, 2.05) is 0 Å². The van der Waals surface area contributed by atoms with Gasteiger partial charge < -0.3 is 9.47 Å². The average Bonchev–Trinajstić information content (AvgIpc) is 2.67. The van der Waals surface area contributed by atoms with Crippen molar-refractivity contribution in [2.75, 3.05) is 6.61 Å². The van der Waals surface area contributed by atoms with Crippen LogP contribution in [0.15, 0.2) is 0 Å². The zero-order chi connectivity index (χ0) is 15.4. The fourth-order valence-corrected chi connectivity index (χ4v) is 1.98. The van der Waals surface area contributed by atoms with Gasteiger partial charge in [-0.25, -0.2) is 15.0 Å². The van der Waals surface area contributed by atoms with E-state index < -0.39 is 23.2 Å². The summed E-state index contributed by atoms with van der Waals surface area (Å²) in [6.45, 7) is 6.98. The number of carbonyl (C=O) groups is 3. The van der Waals surface area contributed by atoms with Crippen LogP contribution >= 0.6 is 0 Å². The molecule has 7 nitrogen and oxygen atoms in total. The van der Waals surface area contributed by atoms with Crippen LogP contribution in [0.5, 0.6) is 0 Å². The van der Waals surface area contributed by atoms with E-state index in [0.717, 1.165) is 0 Å². The standard InChI is InChI=1S/C13H22N2O5/c1-5-19-10(17)13(8-6-7-9(13)16)15-14-11(18)20-12(2,3)4/h15H,5-8H2,1-4H3,(H,14,18). The Morgan fingerprint density at radius 1 is 1.35 bits per heavy atom. The SMILES string of the molecule is CCOC(=O)C1(NNC(=O)OC(C)(C)C)CCCC1=O. The van der Waals surface area contributed by atoms with Crippen LogP contribution in [0.4, 0.5) is 4.79 Å². The molecule has 114 valence electrons. The van der Waals surface area contributed by atoms with Crippen LogP contribution in [0.3, 0.4) is 0 Å². The molecule has 7 heteroatoms. The van der Waals surface area contributed by atoms with Crippen molar-refractivity contribution in [2.24, 2.45) is 0 Å². The van der Waals surface area contributed by atoms with Gasteiger partial charge in [0.15, 0.2) is 11.3 Å². The van der Waals surface area contributed by atoms with Crippen molar-refractivity contribution in [3.8, 4) is 0 Å². The van der Waals surface area contributed by atoms with Crippen molar-refractivity contribution in [2.45, 2.75) is 58.1 Å². The molecule has 0 aliphatic heterocycles. The van der Waals surface area contributed by atoms with E-state index in [0.29, 0.717) is 12.8 Å². The van der Waals surface area contributed by atoms with Crippen LogP contribution in [0, 0.1) is 0 Å². The summed E-state index contributed by atoms with van der Waals surface area (Å²) in [7, 11) is 0. The van der Waals surface area contributed by atoms with Crippen LogP contribution in [0.25, 0.3) is 0 Å². The number of hydrogen-bond acceptors (Lipinski definition) is 6. The third-order valence-corrected chi connectivity index (χ3v) is 2.83. The molecule has 1 rings (SSSR count). The van der Waals surface area contributed by atoms with Crippen LogP contribution in [0.2, 0.25) is 0 Å². The summed E-state index contributed by atoms with van der Waals surface area (Å²) < 4.78 is 9.96. The zero-order valence-electron chi connectivity index (χ0n) is 12.4. The Balaban J connectivity index is 2.70. The molecular weight excluding hydrogens is 264 g/mol. The minimum atomic E-state index is -1.49. The number of ether oxygens (including phenoxy) is 2. The molecule has 1 aliphatic rings. The minimum absolute atomic E-state index is 0.169. The summed E-state index contributed by atoms with van der Waals surface area (Å²) >= 11 is 0. The largest absolute Gasteiger partial charge is 0.464 e. The van der Waals surface area contributed by atoms with E-state index >= 15 is 0 Å². The molecule has 0 bridgehead atoms. The lowest BCUT2D eigenvalue weighted by Crippen LogP contribution is -2.62. The quantitative estimate of drug-likeness (QED) is 0.456. The first-order chi connectivity index (χ1) is 9.21. The summed E-state index contributed by atoms with van der Waals surface area (Å²) in [5.74, 6) is -0.953. The highest BCUT2D eigenvalue weighted by atomic mass is 16.6. The molecule has 20 heavy (non-hydrogen) atoms. The van der Waals surface area contributed by atoms with Crippen molar-refractivity contribution in [3.05, 3.63) is 0 Å². The van der Waals surface area contributed by atoms with Crippen LogP contribution < -0.4 is 10.9 Å². The molecule has 0 saturated heterocycles. The Bertz CT molecular complexity index is 402. The molecule has 0 aromatic carbocycles. The number of esters is 1. The summed E-state index contributed by atoms with van der Waals surface area (Å²) in [5.41, 5.74) is 2.60. The molecule has 1 unspecified atom stereocenters. The Morgan fingerprint density at radius 2 is 2.00 bits per heavy atom. The molecule has 1 aliphatic carbocycles. The molecule has 0 radical (unpaired) electrons. The molecule has 0 aromatic heterocycles. The Labute approximate surface area is 118 Å². The molecule has 2 N–H and O–H groups in total. The zero-order valence-corrected chi connectivity index (χ0v) is 12.4. The van der Waals surface area contributed by atoms with E-state index in [4.69, 9.17) is 9.47 Å². The second-order valence-electron chi connectivity index (χ2n) is 5.65. The number of nitrogens with one attached hydrogen (secondary N) is 2. The Morgan fingerprint density at radius 3 is 2.45 bits per heavy atom. The molecule has 0 aromatic rings. The van der Waals surface area contributed by atoms with Gasteiger partial charge >= 0.3 is 12.1 Å². The summed E-state index contributed by atoms with van der Waals surface area (Å²) in [5, 5.41) is 0. The number of rotatable bonds is 4. The van der Waals surface area contributed by atoms with Crippen LogP contribution in [0.1, 0.15) is 47.0 Å². The number of Topliss-reactive ketones (excluding diaryl/α,β-unsaturated/α-hetero) is 1. The third kappa shape index (κ3) is 3.93. The number of amides is 1. The highest BCUT2D eigenvalue weighted by Gasteiger charge is 2.50. The average molecular weight is 286 g/mol. The molecule has 1 amide bonds. The van der Waals surface area contributed by atoms with Crippen LogP contribution in [-0.4, -0.2) is 35.6 Å². The lowest BCUT2D eigenvalue weighted by atomic mass is 9.98. The van der Waals surface area contributed by atoms with Gasteiger partial charge in [0.1, 0.15) is 5.60 Å². The Kier molecular flexibility index (Phi) is 5.10. The van der Waals surface area contributed by atoms with Gasteiger partial charge in [0.05, 0.1) is 6.61 Å². The second kappa shape index (κ2) is 6.21. The first-order valence-corrected chi connectivity index (χ1v) is 6.68. The second-order valence-corrected chi connectivity index (χ2v) is 5.65. The van der Waals surface area contributed by atoms with Gasteiger partial charge in [0.2, 0.25) is 0 Å². The summed E-state index contributed by atoms with van der Waals surface area (Å²) in [4.78, 5) is 35.5. The van der Waals surface area contributed by atoms with Gasteiger partial charge in [0, 0.05) is 6.42 Å². The number of hydrogen-bond donors (Lipinski definition) is 2.